The van der Waals surface area contributed by atoms with Crippen LogP contribution in [0.5, 0.6) is 0 Å². The zero-order chi connectivity index (χ0) is 21.0. The van der Waals surface area contributed by atoms with E-state index < -0.39 is 34.0 Å². The molecule has 1 aliphatic heterocycles. The van der Waals surface area contributed by atoms with Crippen molar-refractivity contribution < 1.29 is 22.3 Å². The number of halogens is 1. The predicted molar refractivity (Wildman–Crippen MR) is 109 cm³/mol. The number of ether oxygens (including phenoxy) is 1. The van der Waals surface area contributed by atoms with Gasteiger partial charge in [-0.3, -0.25) is 0 Å². The molecule has 8 heteroatoms. The number of amides is 1. The molecule has 0 spiro atoms. The van der Waals surface area contributed by atoms with Gasteiger partial charge in [0, 0.05) is 12.6 Å². The van der Waals surface area contributed by atoms with Crippen LogP contribution in [-0.4, -0.2) is 51.4 Å². The van der Waals surface area contributed by atoms with Gasteiger partial charge in [-0.2, -0.15) is 0 Å². The molecule has 1 amide bonds. The number of methoxy groups -OCH3 is 1. The maximum absolute atomic E-state index is 14.6. The zero-order valence-corrected chi connectivity index (χ0v) is 17.3. The number of piperidine rings is 1. The van der Waals surface area contributed by atoms with E-state index in [0.717, 1.165) is 17.4 Å². The summed E-state index contributed by atoms with van der Waals surface area (Å²) in [5, 5.41) is 0. The van der Waals surface area contributed by atoms with E-state index in [9.17, 15) is 17.6 Å². The lowest BCUT2D eigenvalue weighted by molar-refractivity contribution is 0.0790. The van der Waals surface area contributed by atoms with Crippen LogP contribution in [0.2, 0.25) is 0 Å². The summed E-state index contributed by atoms with van der Waals surface area (Å²) in [4.78, 5) is 13.8. The first-order valence-electron chi connectivity index (χ1n) is 9.44. The SMILES string of the molecule is COC(=O)N1CCCC(NS(C)(=O)=O)C1Cc1cc(-c2ccccc2)ccc1F. The Morgan fingerprint density at radius 3 is 2.59 bits per heavy atom. The highest BCUT2D eigenvalue weighted by atomic mass is 32.2. The predicted octanol–water partition coefficient (Wildman–Crippen LogP) is 3.18. The average molecular weight is 421 g/mol. The Hall–Kier alpha value is -2.45. The van der Waals surface area contributed by atoms with Crippen LogP contribution >= 0.6 is 0 Å². The van der Waals surface area contributed by atoms with Crippen LogP contribution in [0.4, 0.5) is 9.18 Å². The molecule has 1 fully saturated rings. The highest BCUT2D eigenvalue weighted by Crippen LogP contribution is 2.27. The van der Waals surface area contributed by atoms with Gasteiger partial charge in [-0.15, -0.1) is 0 Å². The molecule has 29 heavy (non-hydrogen) atoms. The fraction of sp³-hybridized carbons (Fsp3) is 0.381. The molecule has 3 rings (SSSR count). The molecule has 1 aliphatic rings. The summed E-state index contributed by atoms with van der Waals surface area (Å²) in [6, 6.07) is 13.4. The fourth-order valence-electron chi connectivity index (χ4n) is 3.83. The molecule has 2 unspecified atom stereocenters. The average Bonchev–Trinajstić information content (AvgIpc) is 2.69. The van der Waals surface area contributed by atoms with Crippen molar-refractivity contribution in [3.8, 4) is 11.1 Å². The summed E-state index contributed by atoms with van der Waals surface area (Å²) < 4.78 is 45.8. The minimum Gasteiger partial charge on any atom is -0.453 e. The van der Waals surface area contributed by atoms with Gasteiger partial charge in [0.15, 0.2) is 0 Å². The van der Waals surface area contributed by atoms with Gasteiger partial charge >= 0.3 is 6.09 Å². The maximum atomic E-state index is 14.6. The molecule has 0 aliphatic carbocycles. The maximum Gasteiger partial charge on any atom is 0.409 e. The lowest BCUT2D eigenvalue weighted by atomic mass is 9.90. The Balaban J connectivity index is 1.95. The van der Waals surface area contributed by atoms with Crippen molar-refractivity contribution in [3.05, 3.63) is 59.9 Å². The summed E-state index contributed by atoms with van der Waals surface area (Å²) in [7, 11) is -2.21. The quantitative estimate of drug-likeness (QED) is 0.806. The molecule has 1 N–H and O–H groups in total. The van der Waals surface area contributed by atoms with Crippen LogP contribution in [0.1, 0.15) is 18.4 Å². The third kappa shape index (κ3) is 5.33. The number of hydrogen-bond acceptors (Lipinski definition) is 4. The number of carbonyl (C=O) groups excluding carboxylic acids is 1. The van der Waals surface area contributed by atoms with E-state index in [1.807, 2.05) is 30.3 Å². The summed E-state index contributed by atoms with van der Waals surface area (Å²) in [6.07, 6.45) is 1.90. The monoisotopic (exact) mass is 420 g/mol. The second-order valence-corrected chi connectivity index (χ2v) is 9.03. The number of benzene rings is 2. The Bertz CT molecular complexity index is 966. The molecule has 1 heterocycles. The summed E-state index contributed by atoms with van der Waals surface area (Å²) in [5.41, 5.74) is 2.23. The molecule has 0 radical (unpaired) electrons. The van der Waals surface area contributed by atoms with Crippen molar-refractivity contribution in [2.24, 2.45) is 0 Å². The number of sulfonamides is 1. The van der Waals surface area contributed by atoms with Crippen LogP contribution in [-0.2, 0) is 21.2 Å². The van der Waals surface area contributed by atoms with Crippen LogP contribution in [0, 0.1) is 5.82 Å². The van der Waals surface area contributed by atoms with E-state index in [4.69, 9.17) is 4.74 Å². The van der Waals surface area contributed by atoms with Crippen molar-refractivity contribution >= 4 is 16.1 Å². The minimum absolute atomic E-state index is 0.175. The highest BCUT2D eigenvalue weighted by molar-refractivity contribution is 7.88. The molecule has 2 aromatic carbocycles. The van der Waals surface area contributed by atoms with Crippen LogP contribution in [0.3, 0.4) is 0 Å². The summed E-state index contributed by atoms with van der Waals surface area (Å²) in [5.74, 6) is -0.391. The first-order valence-corrected chi connectivity index (χ1v) is 11.3. The third-order valence-electron chi connectivity index (χ3n) is 5.14. The van der Waals surface area contributed by atoms with Crippen molar-refractivity contribution in [1.29, 1.82) is 0 Å². The number of hydrogen-bond donors (Lipinski definition) is 1. The van der Waals surface area contributed by atoms with Gasteiger partial charge < -0.3 is 9.64 Å². The van der Waals surface area contributed by atoms with E-state index in [1.165, 1.54) is 18.1 Å². The van der Waals surface area contributed by atoms with Gasteiger partial charge in [-0.05, 0) is 48.1 Å². The third-order valence-corrected chi connectivity index (χ3v) is 5.87. The highest BCUT2D eigenvalue weighted by Gasteiger charge is 2.36. The number of carbonyl (C=O) groups is 1. The van der Waals surface area contributed by atoms with Crippen LogP contribution < -0.4 is 4.72 Å². The van der Waals surface area contributed by atoms with Gasteiger partial charge in [-0.1, -0.05) is 36.4 Å². The number of rotatable bonds is 5. The van der Waals surface area contributed by atoms with Crippen molar-refractivity contribution in [2.45, 2.75) is 31.3 Å². The van der Waals surface area contributed by atoms with Gasteiger partial charge in [0.1, 0.15) is 5.82 Å². The minimum atomic E-state index is -3.49. The largest absolute Gasteiger partial charge is 0.453 e. The number of likely N-dealkylation sites (tertiary alicyclic amines) is 1. The molecule has 0 saturated carbocycles. The molecule has 156 valence electrons. The van der Waals surface area contributed by atoms with E-state index in [2.05, 4.69) is 4.72 Å². The summed E-state index contributed by atoms with van der Waals surface area (Å²) in [6.45, 7) is 0.430. The standard InChI is InChI=1S/C21H25FN2O4S/c1-28-21(25)24-12-6-9-19(23-29(2,26)27)20(24)14-17-13-16(10-11-18(17)22)15-7-4-3-5-8-15/h3-5,7-8,10-11,13,19-20,23H,6,9,12,14H2,1-2H3. The Morgan fingerprint density at radius 1 is 1.21 bits per heavy atom. The molecule has 6 nitrogen and oxygen atoms in total. The molecule has 0 bridgehead atoms. The molecular formula is C21H25FN2O4S. The number of nitrogens with zero attached hydrogens (tertiary/aromatic N) is 1. The van der Waals surface area contributed by atoms with E-state index in [0.29, 0.717) is 24.9 Å². The normalized spacial score (nSPS) is 19.8. The van der Waals surface area contributed by atoms with Gasteiger partial charge in [-0.25, -0.2) is 22.3 Å². The molecule has 2 aromatic rings. The van der Waals surface area contributed by atoms with Crippen molar-refractivity contribution in [2.75, 3.05) is 19.9 Å². The topological polar surface area (TPSA) is 75.7 Å². The second kappa shape index (κ2) is 8.92. The molecule has 1 saturated heterocycles. The molecule has 0 aromatic heterocycles. The smallest absolute Gasteiger partial charge is 0.409 e. The van der Waals surface area contributed by atoms with E-state index in [-0.39, 0.29) is 6.42 Å². The lowest BCUT2D eigenvalue weighted by Gasteiger charge is -2.40. The fourth-order valence-corrected chi connectivity index (χ4v) is 4.66. The van der Waals surface area contributed by atoms with E-state index in [1.54, 1.807) is 12.1 Å². The number of nitrogens with one attached hydrogen (secondary N) is 1. The van der Waals surface area contributed by atoms with Crippen LogP contribution in [0.25, 0.3) is 11.1 Å². The second-order valence-electron chi connectivity index (χ2n) is 7.25. The van der Waals surface area contributed by atoms with Gasteiger partial charge in [0.05, 0.1) is 19.4 Å². The van der Waals surface area contributed by atoms with Crippen molar-refractivity contribution in [3.63, 3.8) is 0 Å². The molecular weight excluding hydrogens is 395 g/mol. The Morgan fingerprint density at radius 2 is 1.93 bits per heavy atom. The first-order chi connectivity index (χ1) is 13.8. The van der Waals surface area contributed by atoms with Gasteiger partial charge in [0.2, 0.25) is 10.0 Å². The van der Waals surface area contributed by atoms with Gasteiger partial charge in [0.25, 0.3) is 0 Å². The van der Waals surface area contributed by atoms with E-state index >= 15 is 0 Å². The lowest BCUT2D eigenvalue weighted by Crippen LogP contribution is -2.57. The summed E-state index contributed by atoms with van der Waals surface area (Å²) >= 11 is 0. The Labute approximate surface area is 170 Å². The first kappa shape index (κ1) is 21.3. The molecule has 2 atom stereocenters. The van der Waals surface area contributed by atoms with Crippen molar-refractivity contribution in [1.82, 2.24) is 9.62 Å². The Kier molecular flexibility index (Phi) is 6.54. The zero-order valence-electron chi connectivity index (χ0n) is 16.5. The van der Waals surface area contributed by atoms with Crippen LogP contribution in [0.15, 0.2) is 48.5 Å².